The van der Waals surface area contributed by atoms with Gasteiger partial charge in [0, 0.05) is 21.1 Å². The van der Waals surface area contributed by atoms with E-state index in [9.17, 15) is 22.8 Å². The summed E-state index contributed by atoms with van der Waals surface area (Å²) >= 11 is 0. The molecule has 0 spiro atoms. The average Bonchev–Trinajstić information content (AvgIpc) is 3.07. The third-order valence-corrected chi connectivity index (χ3v) is 9.47. The van der Waals surface area contributed by atoms with E-state index in [0.29, 0.717) is 11.4 Å². The molecule has 236 valence electrons. The second-order valence-electron chi connectivity index (χ2n) is 12.1. The normalized spacial score (nSPS) is 16.4. The molecule has 4 rings (SSSR count). The Hall–Kier alpha value is -4.16. The molecule has 0 bridgehead atoms. The van der Waals surface area contributed by atoms with Gasteiger partial charge in [0.1, 0.15) is 17.7 Å². The van der Waals surface area contributed by atoms with Gasteiger partial charge in [-0.15, -0.1) is 0 Å². The Morgan fingerprint density at radius 3 is 2.25 bits per heavy atom. The van der Waals surface area contributed by atoms with E-state index < -0.39 is 45.8 Å². The van der Waals surface area contributed by atoms with Gasteiger partial charge in [0.25, 0.3) is 5.91 Å². The minimum Gasteiger partial charge on any atom is -0.444 e. The number of amides is 3. The summed E-state index contributed by atoms with van der Waals surface area (Å²) in [6.45, 7) is 8.42. The van der Waals surface area contributed by atoms with Gasteiger partial charge < -0.3 is 15.0 Å². The largest absolute Gasteiger partial charge is 0.444 e. The van der Waals surface area contributed by atoms with Crippen LogP contribution in [0.1, 0.15) is 38.8 Å². The van der Waals surface area contributed by atoms with Crippen LogP contribution in [0.4, 0.5) is 16.2 Å². The van der Waals surface area contributed by atoms with E-state index >= 15 is 0 Å². The molecule has 3 aromatic rings. The first-order valence-electron chi connectivity index (χ1n) is 14.4. The number of benzene rings is 3. The second-order valence-corrected chi connectivity index (χ2v) is 14.2. The first-order chi connectivity index (χ1) is 20.5. The SMILES string of the molecule is Cc1ccc2ccccc2c1CN1C(=O)[C@@H](NC(=O)[C@H](C)N(C)C(=O)OC(C)(C)C)CN(S(=O)(=O)N(C)C)c2ccccc21. The molecule has 3 aromatic carbocycles. The van der Waals surface area contributed by atoms with Crippen molar-refractivity contribution < 1.29 is 27.5 Å². The number of para-hydroxylation sites is 2. The molecule has 1 aliphatic heterocycles. The molecule has 44 heavy (non-hydrogen) atoms. The van der Waals surface area contributed by atoms with Gasteiger partial charge in [-0.2, -0.15) is 12.7 Å². The van der Waals surface area contributed by atoms with Gasteiger partial charge in [-0.05, 0) is 68.7 Å². The van der Waals surface area contributed by atoms with Crippen LogP contribution < -0.4 is 14.5 Å². The van der Waals surface area contributed by atoms with Gasteiger partial charge in [0.05, 0.1) is 24.5 Å². The smallest absolute Gasteiger partial charge is 0.410 e. The fraction of sp³-hybridized carbons (Fsp3) is 0.406. The van der Waals surface area contributed by atoms with Crippen LogP contribution in [-0.2, 0) is 31.1 Å². The van der Waals surface area contributed by atoms with Crippen LogP contribution in [0.5, 0.6) is 0 Å². The molecule has 0 saturated carbocycles. The maximum atomic E-state index is 14.4. The minimum atomic E-state index is -4.09. The monoisotopic (exact) mass is 623 g/mol. The Bertz CT molecular complexity index is 1680. The second kappa shape index (κ2) is 12.4. The molecule has 2 atom stereocenters. The van der Waals surface area contributed by atoms with E-state index in [-0.39, 0.29) is 13.1 Å². The van der Waals surface area contributed by atoms with Gasteiger partial charge in [-0.3, -0.25) is 18.8 Å². The Morgan fingerprint density at radius 2 is 1.61 bits per heavy atom. The summed E-state index contributed by atoms with van der Waals surface area (Å²) in [5, 5.41) is 4.72. The number of rotatable bonds is 7. The van der Waals surface area contributed by atoms with Crippen LogP contribution >= 0.6 is 0 Å². The Kier molecular flexibility index (Phi) is 9.26. The highest BCUT2D eigenvalue weighted by atomic mass is 32.2. The van der Waals surface area contributed by atoms with Crippen molar-refractivity contribution in [2.24, 2.45) is 0 Å². The lowest BCUT2D eigenvalue weighted by Crippen LogP contribution is -2.57. The van der Waals surface area contributed by atoms with Gasteiger partial charge in [0.15, 0.2) is 0 Å². The maximum Gasteiger partial charge on any atom is 0.410 e. The lowest BCUT2D eigenvalue weighted by Gasteiger charge is -2.31. The molecule has 12 heteroatoms. The van der Waals surface area contributed by atoms with Gasteiger partial charge >= 0.3 is 16.3 Å². The number of likely N-dealkylation sites (N-methyl/N-ethyl adjacent to an activating group) is 1. The summed E-state index contributed by atoms with van der Waals surface area (Å²) < 4.78 is 34.9. The quantitative estimate of drug-likeness (QED) is 0.424. The first-order valence-corrected chi connectivity index (χ1v) is 15.8. The maximum absolute atomic E-state index is 14.4. The Morgan fingerprint density at radius 1 is 1.00 bits per heavy atom. The third kappa shape index (κ3) is 6.66. The zero-order valence-corrected chi connectivity index (χ0v) is 27.3. The number of nitrogens with zero attached hydrogens (tertiary/aromatic N) is 4. The van der Waals surface area contributed by atoms with Crippen molar-refractivity contribution in [1.82, 2.24) is 14.5 Å². The fourth-order valence-corrected chi connectivity index (χ4v) is 6.15. The summed E-state index contributed by atoms with van der Waals surface area (Å²) in [5.41, 5.74) is 1.79. The lowest BCUT2D eigenvalue weighted by molar-refractivity contribution is -0.130. The molecule has 0 unspecified atom stereocenters. The van der Waals surface area contributed by atoms with Crippen molar-refractivity contribution in [3.63, 3.8) is 0 Å². The number of nitrogens with one attached hydrogen (secondary N) is 1. The topological polar surface area (TPSA) is 120 Å². The summed E-state index contributed by atoms with van der Waals surface area (Å²) in [4.78, 5) is 43.3. The highest BCUT2D eigenvalue weighted by Gasteiger charge is 2.41. The fourth-order valence-electron chi connectivity index (χ4n) is 5.01. The molecule has 1 N–H and O–H groups in total. The summed E-state index contributed by atoms with van der Waals surface area (Å²) in [6.07, 6.45) is -0.704. The molecule has 11 nitrogen and oxygen atoms in total. The lowest BCUT2D eigenvalue weighted by atomic mass is 9.99. The number of hydrogen-bond donors (Lipinski definition) is 1. The standard InChI is InChI=1S/C32H41N5O6S/c1-21-17-18-23-13-9-10-14-24(23)25(21)19-36-27-15-11-12-16-28(27)37(44(41,42)34(6)7)20-26(30(36)39)33-29(38)22(2)35(8)31(40)43-32(3,4)5/h9-18,22,26H,19-20H2,1-8H3,(H,33,38)/t22-,26-/m0/s1. The number of carbonyl (C=O) groups excluding carboxylic acids is 3. The number of ether oxygens (including phenoxy) is 1. The summed E-state index contributed by atoms with van der Waals surface area (Å²) in [7, 11) is 0.166. The van der Waals surface area contributed by atoms with Gasteiger partial charge in [0.2, 0.25) is 5.91 Å². The zero-order valence-electron chi connectivity index (χ0n) is 26.5. The van der Waals surface area contributed by atoms with Crippen LogP contribution in [-0.4, -0.2) is 80.9 Å². The summed E-state index contributed by atoms with van der Waals surface area (Å²) in [6, 6.07) is 16.4. The predicted molar refractivity (Wildman–Crippen MR) is 172 cm³/mol. The van der Waals surface area contributed by atoms with Crippen LogP contribution in [0.25, 0.3) is 10.8 Å². The van der Waals surface area contributed by atoms with Crippen LogP contribution in [0.3, 0.4) is 0 Å². The molecule has 3 amide bonds. The Labute approximate surface area is 259 Å². The predicted octanol–water partition coefficient (Wildman–Crippen LogP) is 4.05. The van der Waals surface area contributed by atoms with Crippen LogP contribution in [0.2, 0.25) is 0 Å². The minimum absolute atomic E-state index is 0.138. The zero-order chi connectivity index (χ0) is 32.6. The van der Waals surface area contributed by atoms with Crippen molar-refractivity contribution in [3.8, 4) is 0 Å². The molecular weight excluding hydrogens is 582 g/mol. The van der Waals surface area contributed by atoms with Gasteiger partial charge in [-0.1, -0.05) is 48.5 Å². The molecular formula is C32H41N5O6S. The van der Waals surface area contributed by atoms with E-state index in [1.165, 1.54) is 33.0 Å². The molecule has 0 aliphatic carbocycles. The van der Waals surface area contributed by atoms with Crippen molar-refractivity contribution in [1.29, 1.82) is 0 Å². The highest BCUT2D eigenvalue weighted by molar-refractivity contribution is 7.90. The van der Waals surface area contributed by atoms with Gasteiger partial charge in [-0.25, -0.2) is 4.79 Å². The number of aryl methyl sites for hydroxylation is 1. The van der Waals surface area contributed by atoms with E-state index in [4.69, 9.17) is 4.74 Å². The van der Waals surface area contributed by atoms with Crippen molar-refractivity contribution in [2.75, 3.05) is 36.9 Å². The van der Waals surface area contributed by atoms with Crippen molar-refractivity contribution in [3.05, 3.63) is 71.8 Å². The summed E-state index contributed by atoms with van der Waals surface area (Å²) in [5.74, 6) is -1.12. The molecule has 0 radical (unpaired) electrons. The number of carbonyl (C=O) groups is 3. The van der Waals surface area contributed by atoms with E-state index in [1.807, 2.05) is 43.3 Å². The average molecular weight is 624 g/mol. The molecule has 0 aromatic heterocycles. The molecule has 0 fully saturated rings. The third-order valence-electron chi connectivity index (χ3n) is 7.64. The highest BCUT2D eigenvalue weighted by Crippen LogP contribution is 2.37. The van der Waals surface area contributed by atoms with Crippen molar-refractivity contribution >= 4 is 50.3 Å². The van der Waals surface area contributed by atoms with Crippen LogP contribution in [0, 0.1) is 6.92 Å². The van der Waals surface area contributed by atoms with E-state index in [2.05, 4.69) is 5.32 Å². The molecule has 1 heterocycles. The van der Waals surface area contributed by atoms with Crippen molar-refractivity contribution in [2.45, 2.75) is 58.8 Å². The van der Waals surface area contributed by atoms with E-state index in [0.717, 1.165) is 35.4 Å². The Balaban J connectivity index is 1.78. The first kappa shape index (κ1) is 32.7. The number of anilines is 2. The van der Waals surface area contributed by atoms with Crippen LogP contribution in [0.15, 0.2) is 60.7 Å². The van der Waals surface area contributed by atoms with E-state index in [1.54, 1.807) is 45.0 Å². The number of fused-ring (bicyclic) bond motifs is 2. The molecule has 1 aliphatic rings. The number of hydrogen-bond acceptors (Lipinski definition) is 6. The molecule has 0 saturated heterocycles.